The Balaban J connectivity index is 1.39. The van der Waals surface area contributed by atoms with Gasteiger partial charge in [0.25, 0.3) is 0 Å². The minimum absolute atomic E-state index is 0.292. The summed E-state index contributed by atoms with van der Waals surface area (Å²) in [5, 5.41) is 3.16. The summed E-state index contributed by atoms with van der Waals surface area (Å²) >= 11 is 0. The molecule has 0 bridgehead atoms. The summed E-state index contributed by atoms with van der Waals surface area (Å²) in [5.74, 6) is -0.364. The van der Waals surface area contributed by atoms with Crippen LogP contribution in [0.25, 0.3) is 0 Å². The molecule has 0 aromatic heterocycles. The van der Waals surface area contributed by atoms with Gasteiger partial charge in [-0.15, -0.1) is 0 Å². The van der Waals surface area contributed by atoms with E-state index >= 15 is 9.13 Å². The molecule has 6 aromatic carbocycles. The van der Waals surface area contributed by atoms with Gasteiger partial charge < -0.3 is 18.6 Å². The Morgan fingerprint density at radius 2 is 0.820 bits per heavy atom. The fourth-order valence-corrected chi connectivity index (χ4v) is 14.3. The topological polar surface area (TPSA) is 52.6 Å². The van der Waals surface area contributed by atoms with Crippen LogP contribution in [0.2, 0.25) is 0 Å². The predicted octanol–water partition coefficient (Wildman–Crippen LogP) is 8.57. The molecule has 4 atom stereocenters. The maximum Gasteiger partial charge on any atom is 0.146 e. The number of hydrogen-bond acceptors (Lipinski definition) is 4. The van der Waals surface area contributed by atoms with E-state index in [1.165, 1.54) is 0 Å². The van der Waals surface area contributed by atoms with E-state index in [-0.39, 0.29) is 12.0 Å². The summed E-state index contributed by atoms with van der Waals surface area (Å²) in [6.45, 7) is 0.758. The highest BCUT2D eigenvalue weighted by Crippen LogP contribution is 2.61. The zero-order valence-electron chi connectivity index (χ0n) is 28.0. The van der Waals surface area contributed by atoms with Crippen molar-refractivity contribution in [3.05, 3.63) is 193 Å². The highest BCUT2D eigenvalue weighted by molar-refractivity contribution is 7.80. The molecule has 0 heterocycles. The van der Waals surface area contributed by atoms with Crippen LogP contribution >= 0.6 is 14.3 Å². The number of rotatable bonds is 13. The van der Waals surface area contributed by atoms with Crippen LogP contribution in [0, 0.1) is 5.92 Å². The minimum atomic E-state index is -3.34. The van der Waals surface area contributed by atoms with Crippen molar-refractivity contribution in [1.29, 1.82) is 0 Å². The lowest BCUT2D eigenvalue weighted by molar-refractivity contribution is -0.0811. The van der Waals surface area contributed by atoms with Gasteiger partial charge in [-0.05, 0) is 17.5 Å². The van der Waals surface area contributed by atoms with E-state index < -0.39 is 26.0 Å². The lowest BCUT2D eigenvalue weighted by atomic mass is 10.1. The number of hydrogen-bond donors (Lipinski definition) is 0. The molecule has 50 heavy (non-hydrogen) atoms. The Bertz CT molecular complexity index is 1940. The molecule has 0 saturated heterocycles. The average molecular weight is 697 g/mol. The third kappa shape index (κ3) is 7.27. The molecular formula is C44H42O4P2. The molecule has 6 aromatic rings. The molecular weight excluding hydrogens is 654 g/mol. The Morgan fingerprint density at radius 3 is 1.24 bits per heavy atom. The molecule has 7 rings (SSSR count). The fraction of sp³-hybridized carbons (Fsp3) is 0.182. The maximum absolute atomic E-state index is 16.2. The van der Waals surface area contributed by atoms with Crippen molar-refractivity contribution in [3.63, 3.8) is 0 Å². The first-order valence-corrected chi connectivity index (χ1v) is 20.9. The zero-order chi connectivity index (χ0) is 34.2. The quantitative estimate of drug-likeness (QED) is 0.114. The molecule has 0 spiro atoms. The molecule has 4 nitrogen and oxygen atoms in total. The molecule has 1 saturated carbocycles. The summed E-state index contributed by atoms with van der Waals surface area (Å²) in [4.78, 5) is 0. The van der Waals surface area contributed by atoms with Gasteiger partial charge in [-0.25, -0.2) is 0 Å². The maximum atomic E-state index is 16.2. The van der Waals surface area contributed by atoms with E-state index in [4.69, 9.17) is 9.47 Å². The van der Waals surface area contributed by atoms with Crippen molar-refractivity contribution in [3.8, 4) is 0 Å². The molecule has 6 heteroatoms. The molecule has 252 valence electrons. The second-order valence-corrected chi connectivity index (χ2v) is 18.9. The van der Waals surface area contributed by atoms with Crippen LogP contribution in [0.3, 0.4) is 0 Å². The van der Waals surface area contributed by atoms with Crippen molar-refractivity contribution in [1.82, 2.24) is 0 Å². The van der Waals surface area contributed by atoms with Crippen molar-refractivity contribution in [2.45, 2.75) is 37.5 Å². The predicted molar refractivity (Wildman–Crippen MR) is 206 cm³/mol. The molecule has 0 radical (unpaired) electrons. The van der Waals surface area contributed by atoms with E-state index in [9.17, 15) is 0 Å². The summed E-state index contributed by atoms with van der Waals surface area (Å²) in [7, 11) is -6.60. The van der Waals surface area contributed by atoms with Gasteiger partial charge >= 0.3 is 0 Å². The Morgan fingerprint density at radius 1 is 0.460 bits per heavy atom. The van der Waals surface area contributed by atoms with Gasteiger partial charge in [0.05, 0.1) is 25.4 Å². The largest absolute Gasteiger partial charge is 0.371 e. The Kier molecular flexibility index (Phi) is 10.7. The van der Waals surface area contributed by atoms with Crippen LogP contribution < -0.4 is 21.2 Å². The fourth-order valence-electron chi connectivity index (χ4n) is 7.45. The second-order valence-electron chi connectivity index (χ2n) is 13.0. The van der Waals surface area contributed by atoms with Crippen molar-refractivity contribution in [2.24, 2.45) is 5.92 Å². The summed E-state index contributed by atoms with van der Waals surface area (Å²) in [6, 6.07) is 59.5. The normalized spacial score (nSPS) is 19.3. The molecule has 0 N–H and O–H groups in total. The summed E-state index contributed by atoms with van der Waals surface area (Å²) in [5.41, 5.74) is 1.71. The van der Waals surface area contributed by atoms with Crippen LogP contribution in [0.5, 0.6) is 0 Å². The van der Waals surface area contributed by atoms with Gasteiger partial charge in [0.1, 0.15) is 14.3 Å². The van der Waals surface area contributed by atoms with Crippen LogP contribution in [-0.2, 0) is 31.8 Å². The summed E-state index contributed by atoms with van der Waals surface area (Å²) < 4.78 is 45.8. The van der Waals surface area contributed by atoms with Crippen molar-refractivity contribution < 1.29 is 18.6 Å². The first-order valence-electron chi connectivity index (χ1n) is 17.3. The van der Waals surface area contributed by atoms with Crippen LogP contribution in [0.1, 0.15) is 17.5 Å². The molecule has 1 fully saturated rings. The first-order chi connectivity index (χ1) is 24.6. The van der Waals surface area contributed by atoms with Gasteiger partial charge in [-0.3, -0.25) is 0 Å². The SMILES string of the molecule is O=P(C[C@H]1[C@H](OCc2ccccc2)[C@@H](OCc2ccccc2)C[C@H]1P(=O)(c1ccccc1)c1ccccc1)(c1ccccc1)c1ccccc1. The lowest BCUT2D eigenvalue weighted by Crippen LogP contribution is -2.38. The van der Waals surface area contributed by atoms with Gasteiger partial charge in [0, 0.05) is 39.0 Å². The van der Waals surface area contributed by atoms with Gasteiger partial charge in [-0.1, -0.05) is 182 Å². The van der Waals surface area contributed by atoms with E-state index in [1.54, 1.807) is 0 Å². The third-order valence-corrected chi connectivity index (χ3v) is 16.8. The first kappa shape index (κ1) is 34.2. The average Bonchev–Trinajstić information content (AvgIpc) is 3.54. The summed E-state index contributed by atoms with van der Waals surface area (Å²) in [6.07, 6.45) is -0.0539. The lowest BCUT2D eigenvalue weighted by Gasteiger charge is -2.34. The molecule has 1 aliphatic carbocycles. The van der Waals surface area contributed by atoms with Crippen molar-refractivity contribution in [2.75, 3.05) is 6.16 Å². The zero-order valence-corrected chi connectivity index (χ0v) is 29.8. The van der Waals surface area contributed by atoms with E-state index in [0.29, 0.717) is 25.8 Å². The van der Waals surface area contributed by atoms with Gasteiger partial charge in [0.2, 0.25) is 0 Å². The van der Waals surface area contributed by atoms with Crippen LogP contribution in [0.4, 0.5) is 0 Å². The highest BCUT2D eigenvalue weighted by Gasteiger charge is 2.55. The van der Waals surface area contributed by atoms with Gasteiger partial charge in [0.15, 0.2) is 0 Å². The van der Waals surface area contributed by atoms with Gasteiger partial charge in [-0.2, -0.15) is 0 Å². The molecule has 0 amide bonds. The molecule has 0 aliphatic heterocycles. The van der Waals surface area contributed by atoms with E-state index in [0.717, 1.165) is 32.3 Å². The molecule has 1 aliphatic rings. The molecule has 0 unspecified atom stereocenters. The number of ether oxygens (including phenoxy) is 2. The van der Waals surface area contributed by atoms with E-state index in [2.05, 4.69) is 24.3 Å². The van der Waals surface area contributed by atoms with E-state index in [1.807, 2.05) is 158 Å². The van der Waals surface area contributed by atoms with Crippen LogP contribution in [-0.4, -0.2) is 24.0 Å². The second kappa shape index (κ2) is 15.7. The Hall–Kier alpha value is -4.30. The monoisotopic (exact) mass is 696 g/mol. The Labute approximate surface area is 295 Å². The standard InChI is InChI=1S/C44H42O4P2/c45-49(37-23-11-3-12-24-37,38-25-13-4-14-26-38)34-41-43(50(46,39-27-15-5-16-28-39)40-29-17-6-18-30-40)31-42(47-32-35-19-7-1-8-20-35)44(41)48-33-36-21-9-2-10-22-36/h1-30,41-44H,31-34H2/t41-,42+,43-,44+/m1/s1. The van der Waals surface area contributed by atoms with Crippen LogP contribution in [0.15, 0.2) is 182 Å². The third-order valence-electron chi connectivity index (χ3n) is 9.91. The highest BCUT2D eigenvalue weighted by atomic mass is 31.2. The smallest absolute Gasteiger partial charge is 0.146 e. The van der Waals surface area contributed by atoms with Crippen molar-refractivity contribution >= 4 is 35.5 Å². The minimum Gasteiger partial charge on any atom is -0.371 e. The number of benzene rings is 6.